The average molecular weight is 309 g/mol. The van der Waals surface area contributed by atoms with Gasteiger partial charge in [-0.2, -0.15) is 0 Å². The highest BCUT2D eigenvalue weighted by Crippen LogP contribution is 2.30. The van der Waals surface area contributed by atoms with Crippen molar-refractivity contribution in [2.45, 2.75) is 13.8 Å². The van der Waals surface area contributed by atoms with Crippen LogP contribution in [-0.4, -0.2) is 24.9 Å². The number of hydrogen-bond acceptors (Lipinski definition) is 3. The van der Waals surface area contributed by atoms with Gasteiger partial charge in [-0.3, -0.25) is 14.5 Å². The van der Waals surface area contributed by atoms with Crippen LogP contribution in [0, 0.1) is 13.8 Å². The first-order valence-electron chi connectivity index (χ1n) is 7.55. The van der Waals surface area contributed by atoms with Crippen molar-refractivity contribution in [3.8, 4) is 0 Å². The Kier molecular flexibility index (Phi) is 4.02. The monoisotopic (exact) mass is 309 g/mol. The van der Waals surface area contributed by atoms with Crippen molar-refractivity contribution in [3.05, 3.63) is 53.6 Å². The molecule has 2 aromatic carbocycles. The molecule has 0 aromatic heterocycles. The summed E-state index contributed by atoms with van der Waals surface area (Å²) in [4.78, 5) is 26.0. The van der Waals surface area contributed by atoms with Crippen LogP contribution in [0.3, 0.4) is 0 Å². The fourth-order valence-corrected chi connectivity index (χ4v) is 2.65. The summed E-state index contributed by atoms with van der Waals surface area (Å²) < 4.78 is 0. The minimum absolute atomic E-state index is 0.00487. The second-order valence-corrected chi connectivity index (χ2v) is 5.72. The lowest BCUT2D eigenvalue weighted by Crippen LogP contribution is -2.44. The molecule has 2 aromatic rings. The van der Waals surface area contributed by atoms with Gasteiger partial charge in [0.2, 0.25) is 11.8 Å². The van der Waals surface area contributed by atoms with E-state index in [0.29, 0.717) is 0 Å². The Hall–Kier alpha value is -2.82. The lowest BCUT2D eigenvalue weighted by Gasteiger charge is -2.30. The number of aryl methyl sites for hydroxylation is 2. The van der Waals surface area contributed by atoms with E-state index in [4.69, 9.17) is 0 Å². The molecule has 0 spiro atoms. The summed E-state index contributed by atoms with van der Waals surface area (Å²) in [5, 5.41) is 5.96. The van der Waals surface area contributed by atoms with Gasteiger partial charge in [0, 0.05) is 5.69 Å². The number of amides is 2. The molecule has 1 aliphatic rings. The second kappa shape index (κ2) is 6.12. The van der Waals surface area contributed by atoms with Gasteiger partial charge in [0.05, 0.1) is 17.9 Å². The fraction of sp³-hybridized carbons (Fsp3) is 0.222. The third-order valence-electron chi connectivity index (χ3n) is 3.89. The van der Waals surface area contributed by atoms with E-state index in [1.54, 1.807) is 0 Å². The van der Waals surface area contributed by atoms with Crippen molar-refractivity contribution in [1.82, 2.24) is 0 Å². The van der Waals surface area contributed by atoms with Crippen LogP contribution in [0.4, 0.5) is 17.1 Å². The number of carbonyl (C=O) groups excluding carboxylic acids is 2. The number of hydrogen-bond donors (Lipinski definition) is 2. The lowest BCUT2D eigenvalue weighted by atomic mass is 10.1. The predicted molar refractivity (Wildman–Crippen MR) is 91.8 cm³/mol. The first-order valence-corrected chi connectivity index (χ1v) is 7.55. The van der Waals surface area contributed by atoms with Crippen LogP contribution in [0.1, 0.15) is 11.1 Å². The lowest BCUT2D eigenvalue weighted by molar-refractivity contribution is -0.120. The van der Waals surface area contributed by atoms with Crippen LogP contribution in [0.2, 0.25) is 0 Å². The molecule has 5 heteroatoms. The van der Waals surface area contributed by atoms with Crippen LogP contribution < -0.4 is 15.5 Å². The Bertz CT molecular complexity index is 771. The third kappa shape index (κ3) is 3.18. The zero-order chi connectivity index (χ0) is 16.4. The molecule has 1 aliphatic heterocycles. The van der Waals surface area contributed by atoms with E-state index in [2.05, 4.69) is 10.6 Å². The quantitative estimate of drug-likeness (QED) is 0.916. The third-order valence-corrected chi connectivity index (χ3v) is 3.89. The van der Waals surface area contributed by atoms with E-state index in [1.165, 1.54) is 4.90 Å². The van der Waals surface area contributed by atoms with E-state index in [-0.39, 0.29) is 24.9 Å². The van der Waals surface area contributed by atoms with Gasteiger partial charge in [-0.05, 0) is 43.2 Å². The Morgan fingerprint density at radius 1 is 1.22 bits per heavy atom. The van der Waals surface area contributed by atoms with Crippen molar-refractivity contribution in [2.75, 3.05) is 28.6 Å². The molecule has 2 amide bonds. The number of para-hydroxylation sites is 1. The Morgan fingerprint density at radius 3 is 2.78 bits per heavy atom. The largest absolute Gasteiger partial charge is 0.374 e. The van der Waals surface area contributed by atoms with Crippen LogP contribution >= 0.6 is 0 Å². The van der Waals surface area contributed by atoms with Crippen LogP contribution in [0.25, 0.3) is 0 Å². The first-order chi connectivity index (χ1) is 11.0. The molecule has 0 radical (unpaired) electrons. The first kappa shape index (κ1) is 15.1. The molecule has 0 fully saturated rings. The fourth-order valence-electron chi connectivity index (χ4n) is 2.65. The second-order valence-electron chi connectivity index (χ2n) is 5.72. The van der Waals surface area contributed by atoms with Gasteiger partial charge in [0.1, 0.15) is 6.54 Å². The number of nitrogens with one attached hydrogen (secondary N) is 2. The minimum atomic E-state index is -0.207. The summed E-state index contributed by atoms with van der Waals surface area (Å²) in [6.45, 7) is 4.14. The topological polar surface area (TPSA) is 61.4 Å². The molecule has 5 nitrogen and oxygen atoms in total. The van der Waals surface area contributed by atoms with Gasteiger partial charge < -0.3 is 10.6 Å². The normalized spacial score (nSPS) is 13.3. The molecule has 0 saturated heterocycles. The summed E-state index contributed by atoms with van der Waals surface area (Å²) >= 11 is 0. The van der Waals surface area contributed by atoms with E-state index in [9.17, 15) is 9.59 Å². The van der Waals surface area contributed by atoms with Crippen LogP contribution in [0.5, 0.6) is 0 Å². The van der Waals surface area contributed by atoms with Crippen molar-refractivity contribution >= 4 is 28.9 Å². The molecule has 118 valence electrons. The van der Waals surface area contributed by atoms with E-state index in [0.717, 1.165) is 28.2 Å². The van der Waals surface area contributed by atoms with E-state index < -0.39 is 0 Å². The van der Waals surface area contributed by atoms with Gasteiger partial charge in [0.15, 0.2) is 0 Å². The maximum Gasteiger partial charge on any atom is 0.246 e. The van der Waals surface area contributed by atoms with E-state index >= 15 is 0 Å². The summed E-state index contributed by atoms with van der Waals surface area (Å²) in [7, 11) is 0. The van der Waals surface area contributed by atoms with Crippen molar-refractivity contribution in [1.29, 1.82) is 0 Å². The molecular formula is C18H19N3O2. The van der Waals surface area contributed by atoms with Crippen molar-refractivity contribution in [3.63, 3.8) is 0 Å². The van der Waals surface area contributed by atoms with E-state index in [1.807, 2.05) is 56.3 Å². The minimum Gasteiger partial charge on any atom is -0.374 e. The molecule has 0 aliphatic carbocycles. The highest BCUT2D eigenvalue weighted by atomic mass is 16.2. The van der Waals surface area contributed by atoms with Gasteiger partial charge >= 0.3 is 0 Å². The molecule has 2 N–H and O–H groups in total. The van der Waals surface area contributed by atoms with Crippen molar-refractivity contribution < 1.29 is 9.59 Å². The zero-order valence-electron chi connectivity index (χ0n) is 13.2. The number of fused-ring (bicyclic) bond motifs is 1. The maximum atomic E-state index is 12.3. The molecule has 1 heterocycles. The summed E-state index contributed by atoms with van der Waals surface area (Å²) in [6.07, 6.45) is 0. The Morgan fingerprint density at radius 2 is 2.00 bits per heavy atom. The smallest absolute Gasteiger partial charge is 0.246 e. The summed E-state index contributed by atoms with van der Waals surface area (Å²) in [6, 6.07) is 13.4. The predicted octanol–water partition coefficient (Wildman–Crippen LogP) is 2.70. The maximum absolute atomic E-state index is 12.3. The average Bonchev–Trinajstić information content (AvgIpc) is 2.52. The van der Waals surface area contributed by atoms with Gasteiger partial charge in [0.25, 0.3) is 0 Å². The van der Waals surface area contributed by atoms with Crippen LogP contribution in [-0.2, 0) is 9.59 Å². The number of nitrogens with zero attached hydrogens (tertiary/aromatic N) is 1. The highest BCUT2D eigenvalue weighted by molar-refractivity contribution is 6.08. The molecule has 23 heavy (non-hydrogen) atoms. The molecule has 0 bridgehead atoms. The van der Waals surface area contributed by atoms with Crippen molar-refractivity contribution in [2.24, 2.45) is 0 Å². The number of carbonyl (C=O) groups is 2. The van der Waals surface area contributed by atoms with Crippen LogP contribution in [0.15, 0.2) is 42.5 Å². The summed E-state index contributed by atoms with van der Waals surface area (Å²) in [5.74, 6) is -0.317. The number of rotatable bonds is 3. The SMILES string of the molecule is Cc1ccc2c(c1)NCC(=O)N2CC(=O)Nc1ccccc1C. The van der Waals surface area contributed by atoms with Gasteiger partial charge in [-0.1, -0.05) is 24.3 Å². The van der Waals surface area contributed by atoms with Gasteiger partial charge in [-0.25, -0.2) is 0 Å². The number of anilines is 3. The number of benzene rings is 2. The highest BCUT2D eigenvalue weighted by Gasteiger charge is 2.25. The molecule has 0 saturated carbocycles. The summed E-state index contributed by atoms with van der Waals surface area (Å²) in [5.41, 5.74) is 4.49. The molecule has 3 rings (SSSR count). The molecular weight excluding hydrogens is 290 g/mol. The molecule has 0 atom stereocenters. The zero-order valence-corrected chi connectivity index (χ0v) is 13.2. The Labute approximate surface area is 135 Å². The Balaban J connectivity index is 1.78. The van der Waals surface area contributed by atoms with Gasteiger partial charge in [-0.15, -0.1) is 0 Å². The molecule has 0 unspecified atom stereocenters. The standard InChI is InChI=1S/C18H19N3O2/c1-12-7-8-16-15(9-12)19-10-18(23)21(16)11-17(22)20-14-6-4-3-5-13(14)2/h3-9,19H,10-11H2,1-2H3,(H,20,22).